The molecule has 104 valence electrons. The molecule has 0 aliphatic heterocycles. The van der Waals surface area contributed by atoms with Crippen molar-refractivity contribution in [2.24, 2.45) is 0 Å². The largest absolute Gasteiger partial charge is 0.508 e. The van der Waals surface area contributed by atoms with Crippen molar-refractivity contribution in [1.82, 2.24) is 0 Å². The second kappa shape index (κ2) is 7.24. The third-order valence-electron chi connectivity index (χ3n) is 3.04. The van der Waals surface area contributed by atoms with Crippen molar-refractivity contribution in [1.29, 1.82) is 0 Å². The molecule has 3 heteroatoms. The fourth-order valence-electron chi connectivity index (χ4n) is 1.54. The number of aromatic hydroxyl groups is 1. The Balaban J connectivity index is 0.000000200. The minimum atomic E-state index is 0.171. The van der Waals surface area contributed by atoms with E-state index in [0.29, 0.717) is 11.8 Å². The van der Waals surface area contributed by atoms with Crippen molar-refractivity contribution in [3.05, 3.63) is 64.2 Å². The molecule has 0 heterocycles. The van der Waals surface area contributed by atoms with E-state index < -0.39 is 0 Å². The van der Waals surface area contributed by atoms with Gasteiger partial charge in [0.1, 0.15) is 18.3 Å². The molecule has 0 aliphatic carbocycles. The van der Waals surface area contributed by atoms with Gasteiger partial charge in [0.15, 0.2) is 0 Å². The zero-order valence-corrected chi connectivity index (χ0v) is 11.9. The lowest BCUT2D eigenvalue weighted by Gasteiger charge is -1.97. The molecule has 0 unspecified atom stereocenters. The minimum Gasteiger partial charge on any atom is -0.508 e. The van der Waals surface area contributed by atoms with Crippen molar-refractivity contribution >= 4 is 12.6 Å². The van der Waals surface area contributed by atoms with E-state index in [1.165, 1.54) is 17.2 Å². The number of carbonyl (C=O) groups is 2. The van der Waals surface area contributed by atoms with Gasteiger partial charge in [0.2, 0.25) is 0 Å². The Morgan fingerprint density at radius 3 is 1.70 bits per heavy atom. The summed E-state index contributed by atoms with van der Waals surface area (Å²) in [6.45, 7) is 5.82. The van der Waals surface area contributed by atoms with Gasteiger partial charge in [-0.05, 0) is 49.6 Å². The molecule has 1 N–H and O–H groups in total. The molecule has 0 fully saturated rings. The maximum absolute atomic E-state index is 10.3. The number of rotatable bonds is 2. The highest BCUT2D eigenvalue weighted by atomic mass is 16.3. The van der Waals surface area contributed by atoms with Crippen LogP contribution in [0.25, 0.3) is 0 Å². The monoisotopic (exact) mass is 270 g/mol. The van der Waals surface area contributed by atoms with Crippen LogP contribution in [0.1, 0.15) is 37.4 Å². The first-order chi connectivity index (χ1) is 9.47. The van der Waals surface area contributed by atoms with Crippen LogP contribution in [-0.4, -0.2) is 17.7 Å². The molecule has 2 rings (SSSR count). The van der Waals surface area contributed by atoms with Gasteiger partial charge in [0, 0.05) is 11.1 Å². The summed E-state index contributed by atoms with van der Waals surface area (Å²) < 4.78 is 0. The molecular formula is C17H18O3. The van der Waals surface area contributed by atoms with Crippen LogP contribution in [0.4, 0.5) is 0 Å². The Labute approximate surface area is 118 Å². The van der Waals surface area contributed by atoms with E-state index in [9.17, 15) is 9.59 Å². The molecule has 0 aromatic heterocycles. The second-order valence-electron chi connectivity index (χ2n) is 4.63. The zero-order valence-electron chi connectivity index (χ0n) is 11.9. The number of benzene rings is 2. The van der Waals surface area contributed by atoms with Gasteiger partial charge in [-0.3, -0.25) is 9.59 Å². The fraction of sp³-hybridized carbons (Fsp3) is 0.176. The summed E-state index contributed by atoms with van der Waals surface area (Å²) >= 11 is 0. The van der Waals surface area contributed by atoms with Crippen molar-refractivity contribution in [3.63, 3.8) is 0 Å². The van der Waals surface area contributed by atoms with Crippen molar-refractivity contribution < 1.29 is 14.7 Å². The quantitative estimate of drug-likeness (QED) is 0.848. The van der Waals surface area contributed by atoms with E-state index in [1.54, 1.807) is 19.1 Å². The van der Waals surface area contributed by atoms with Crippen LogP contribution >= 0.6 is 0 Å². The van der Waals surface area contributed by atoms with E-state index in [1.807, 2.05) is 32.0 Å². The molecule has 0 atom stereocenters. The average molecular weight is 270 g/mol. The highest BCUT2D eigenvalue weighted by Gasteiger charge is 1.95. The summed E-state index contributed by atoms with van der Waals surface area (Å²) in [4.78, 5) is 20.4. The SMILES string of the molecule is Cc1ccc(C=O)cc1C.Cc1ccc(C=O)cc1O. The fourth-order valence-corrected chi connectivity index (χ4v) is 1.54. The lowest BCUT2D eigenvalue weighted by atomic mass is 10.1. The number of phenolic OH excluding ortho intramolecular Hbond substituents is 1. The van der Waals surface area contributed by atoms with Crippen LogP contribution in [0.15, 0.2) is 36.4 Å². The summed E-state index contributed by atoms with van der Waals surface area (Å²) in [5.74, 6) is 0.171. The first kappa shape index (κ1) is 15.6. The third kappa shape index (κ3) is 4.35. The molecular weight excluding hydrogens is 252 g/mol. The molecule has 20 heavy (non-hydrogen) atoms. The number of phenols is 1. The van der Waals surface area contributed by atoms with Crippen LogP contribution in [0.5, 0.6) is 5.75 Å². The Morgan fingerprint density at radius 1 is 0.750 bits per heavy atom. The normalized spacial score (nSPS) is 9.35. The van der Waals surface area contributed by atoms with Gasteiger partial charge < -0.3 is 5.11 Å². The number of aldehydes is 2. The number of carbonyl (C=O) groups excluding carboxylic acids is 2. The van der Waals surface area contributed by atoms with Gasteiger partial charge in [-0.1, -0.05) is 24.3 Å². The van der Waals surface area contributed by atoms with E-state index in [0.717, 1.165) is 17.4 Å². The van der Waals surface area contributed by atoms with Crippen molar-refractivity contribution in [2.45, 2.75) is 20.8 Å². The predicted octanol–water partition coefficient (Wildman–Crippen LogP) is 3.63. The Kier molecular flexibility index (Phi) is 5.66. The van der Waals surface area contributed by atoms with Crippen LogP contribution in [0.3, 0.4) is 0 Å². The maximum atomic E-state index is 10.3. The Bertz CT molecular complexity index is 560. The molecule has 0 amide bonds. The van der Waals surface area contributed by atoms with Crippen LogP contribution < -0.4 is 0 Å². The molecule has 0 bridgehead atoms. The van der Waals surface area contributed by atoms with E-state index in [2.05, 4.69) is 0 Å². The number of aryl methyl sites for hydroxylation is 3. The minimum absolute atomic E-state index is 0.171. The maximum Gasteiger partial charge on any atom is 0.150 e. The molecule has 0 saturated carbocycles. The van der Waals surface area contributed by atoms with Gasteiger partial charge in [0.25, 0.3) is 0 Å². The van der Waals surface area contributed by atoms with Crippen LogP contribution in [0, 0.1) is 20.8 Å². The van der Waals surface area contributed by atoms with E-state index >= 15 is 0 Å². The van der Waals surface area contributed by atoms with E-state index in [-0.39, 0.29) is 5.75 Å². The molecule has 0 saturated heterocycles. The zero-order chi connectivity index (χ0) is 15.1. The average Bonchev–Trinajstić information content (AvgIpc) is 2.45. The van der Waals surface area contributed by atoms with Crippen LogP contribution in [0.2, 0.25) is 0 Å². The molecule has 2 aromatic carbocycles. The summed E-state index contributed by atoms with van der Waals surface area (Å²) in [7, 11) is 0. The predicted molar refractivity (Wildman–Crippen MR) is 79.5 cm³/mol. The first-order valence-electron chi connectivity index (χ1n) is 6.25. The molecule has 2 aromatic rings. The Hall–Kier alpha value is -2.42. The summed E-state index contributed by atoms with van der Waals surface area (Å²) in [6, 6.07) is 10.5. The van der Waals surface area contributed by atoms with Gasteiger partial charge in [0.05, 0.1) is 0 Å². The highest BCUT2D eigenvalue weighted by molar-refractivity contribution is 5.76. The number of hydrogen-bond acceptors (Lipinski definition) is 3. The summed E-state index contributed by atoms with van der Waals surface area (Å²) in [6.07, 6.45) is 1.58. The molecule has 0 radical (unpaired) electrons. The molecule has 0 spiro atoms. The van der Waals surface area contributed by atoms with Gasteiger partial charge in [-0.15, -0.1) is 0 Å². The summed E-state index contributed by atoms with van der Waals surface area (Å²) in [5, 5.41) is 9.07. The molecule has 0 aliphatic rings. The second-order valence-corrected chi connectivity index (χ2v) is 4.63. The topological polar surface area (TPSA) is 54.4 Å². The number of hydrogen-bond donors (Lipinski definition) is 1. The lowest BCUT2D eigenvalue weighted by molar-refractivity contribution is 0.111. The van der Waals surface area contributed by atoms with Crippen molar-refractivity contribution in [2.75, 3.05) is 0 Å². The smallest absolute Gasteiger partial charge is 0.150 e. The molecule has 3 nitrogen and oxygen atoms in total. The van der Waals surface area contributed by atoms with Gasteiger partial charge >= 0.3 is 0 Å². The van der Waals surface area contributed by atoms with Crippen LogP contribution in [-0.2, 0) is 0 Å². The third-order valence-corrected chi connectivity index (χ3v) is 3.04. The highest BCUT2D eigenvalue weighted by Crippen LogP contribution is 2.15. The van der Waals surface area contributed by atoms with Gasteiger partial charge in [-0.25, -0.2) is 0 Å². The Morgan fingerprint density at radius 2 is 1.25 bits per heavy atom. The summed E-state index contributed by atoms with van der Waals surface area (Å²) in [5.41, 5.74) is 4.44. The lowest BCUT2D eigenvalue weighted by Crippen LogP contribution is -1.84. The van der Waals surface area contributed by atoms with E-state index in [4.69, 9.17) is 5.11 Å². The standard InChI is InChI=1S/C9H10O.C8H8O2/c1-7-3-4-9(6-10)5-8(7)2;1-6-2-3-7(5-9)4-8(6)10/h3-6H,1-2H3;2-5,10H,1H3. The van der Waals surface area contributed by atoms with Crippen molar-refractivity contribution in [3.8, 4) is 5.75 Å². The van der Waals surface area contributed by atoms with Gasteiger partial charge in [-0.2, -0.15) is 0 Å². The first-order valence-corrected chi connectivity index (χ1v) is 6.25.